The molecule has 1 saturated carbocycles. The summed E-state index contributed by atoms with van der Waals surface area (Å²) in [4.78, 5) is 11.9. The van der Waals surface area contributed by atoms with E-state index in [-0.39, 0.29) is 12.0 Å². The highest BCUT2D eigenvalue weighted by molar-refractivity contribution is 5.93. The maximum absolute atomic E-state index is 11.9. The Hall–Kier alpha value is -1.59. The molecule has 5 heteroatoms. The average Bonchev–Trinajstić information content (AvgIpc) is 3.16. The first-order valence-corrected chi connectivity index (χ1v) is 7.65. The van der Waals surface area contributed by atoms with Gasteiger partial charge in [0.25, 0.3) is 0 Å². The summed E-state index contributed by atoms with van der Waals surface area (Å²) in [5.74, 6) is 1.45. The fourth-order valence-corrected chi connectivity index (χ4v) is 2.36. The smallest absolute Gasteiger partial charge is 0.238 e. The van der Waals surface area contributed by atoms with E-state index in [1.165, 1.54) is 12.8 Å². The molecule has 1 amide bonds. The maximum Gasteiger partial charge on any atom is 0.238 e. The number of hydrogen-bond donors (Lipinski definition) is 2. The lowest BCUT2D eigenvalue weighted by molar-refractivity contribution is -0.115. The molecular weight excluding hydrogens is 268 g/mol. The number of carbonyl (C=O) groups excluding carboxylic acids is 1. The van der Waals surface area contributed by atoms with Crippen LogP contribution in [-0.4, -0.2) is 38.3 Å². The lowest BCUT2D eigenvalue weighted by atomic mass is 10.2. The molecule has 1 saturated heterocycles. The highest BCUT2D eigenvalue weighted by atomic mass is 16.5. The van der Waals surface area contributed by atoms with Crippen LogP contribution in [0.2, 0.25) is 0 Å². The minimum atomic E-state index is -0.0330. The van der Waals surface area contributed by atoms with Gasteiger partial charge in [-0.15, -0.1) is 0 Å². The molecule has 1 aromatic rings. The molecule has 0 bridgehead atoms. The van der Waals surface area contributed by atoms with Gasteiger partial charge in [0.15, 0.2) is 0 Å². The third kappa shape index (κ3) is 4.44. The van der Waals surface area contributed by atoms with E-state index < -0.39 is 0 Å². The number of para-hydroxylation sites is 2. The van der Waals surface area contributed by atoms with Crippen LogP contribution in [0.25, 0.3) is 0 Å². The number of rotatable bonds is 7. The van der Waals surface area contributed by atoms with Crippen LogP contribution in [0.1, 0.15) is 19.3 Å². The first kappa shape index (κ1) is 14.4. The van der Waals surface area contributed by atoms with Crippen molar-refractivity contribution < 1.29 is 14.3 Å². The van der Waals surface area contributed by atoms with Crippen LogP contribution >= 0.6 is 0 Å². The van der Waals surface area contributed by atoms with Gasteiger partial charge in [-0.3, -0.25) is 4.79 Å². The molecule has 2 aliphatic rings. The second-order valence-electron chi connectivity index (χ2n) is 5.72. The number of hydrogen-bond acceptors (Lipinski definition) is 4. The summed E-state index contributed by atoms with van der Waals surface area (Å²) in [7, 11) is 0. The van der Waals surface area contributed by atoms with Crippen LogP contribution in [0.5, 0.6) is 5.75 Å². The third-order valence-corrected chi connectivity index (χ3v) is 3.76. The largest absolute Gasteiger partial charge is 0.486 e. The molecular formula is C16H22N2O3. The molecule has 0 spiro atoms. The monoisotopic (exact) mass is 290 g/mol. The van der Waals surface area contributed by atoms with Gasteiger partial charge in [-0.05, 0) is 37.4 Å². The number of nitrogens with one attached hydrogen (secondary N) is 2. The van der Waals surface area contributed by atoms with E-state index in [9.17, 15) is 4.79 Å². The lowest BCUT2D eigenvalue weighted by Gasteiger charge is -2.16. The van der Waals surface area contributed by atoms with Crippen LogP contribution in [0.3, 0.4) is 0 Å². The Labute approximate surface area is 125 Å². The molecule has 21 heavy (non-hydrogen) atoms. The summed E-state index contributed by atoms with van der Waals surface area (Å²) in [5.41, 5.74) is 0.725. The van der Waals surface area contributed by atoms with Crippen molar-refractivity contribution >= 4 is 11.6 Å². The van der Waals surface area contributed by atoms with Crippen molar-refractivity contribution in [2.75, 3.05) is 31.6 Å². The van der Waals surface area contributed by atoms with Crippen molar-refractivity contribution in [3.8, 4) is 5.75 Å². The van der Waals surface area contributed by atoms with Gasteiger partial charge in [-0.25, -0.2) is 0 Å². The van der Waals surface area contributed by atoms with E-state index in [2.05, 4.69) is 10.6 Å². The fourth-order valence-electron chi connectivity index (χ4n) is 2.36. The topological polar surface area (TPSA) is 59.6 Å². The maximum atomic E-state index is 11.9. The van der Waals surface area contributed by atoms with Gasteiger partial charge in [0.05, 0.1) is 25.4 Å². The summed E-state index contributed by atoms with van der Waals surface area (Å²) in [6.45, 7) is 2.64. The zero-order chi connectivity index (χ0) is 14.5. The second kappa shape index (κ2) is 6.91. The summed E-state index contributed by atoms with van der Waals surface area (Å²) in [6.07, 6.45) is 3.55. The Balaban J connectivity index is 1.51. The standard InChI is InChI=1S/C16H22N2O3/c19-16(10-17-9-12-5-6-12)18-14-3-1-2-4-15(14)21-13-7-8-20-11-13/h1-4,12-13,17H,5-11H2,(H,18,19). The first-order valence-electron chi connectivity index (χ1n) is 7.65. The van der Waals surface area contributed by atoms with Gasteiger partial charge >= 0.3 is 0 Å². The quantitative estimate of drug-likeness (QED) is 0.804. The van der Waals surface area contributed by atoms with E-state index in [1.54, 1.807) is 0 Å². The van der Waals surface area contributed by atoms with E-state index in [0.717, 1.165) is 31.2 Å². The van der Waals surface area contributed by atoms with Gasteiger partial charge in [0.2, 0.25) is 5.91 Å². The van der Waals surface area contributed by atoms with Crippen molar-refractivity contribution in [2.45, 2.75) is 25.4 Å². The molecule has 1 heterocycles. The molecule has 2 N–H and O–H groups in total. The van der Waals surface area contributed by atoms with Crippen molar-refractivity contribution in [1.82, 2.24) is 5.32 Å². The molecule has 1 atom stereocenters. The molecule has 0 radical (unpaired) electrons. The van der Waals surface area contributed by atoms with Crippen LogP contribution in [0.15, 0.2) is 24.3 Å². The van der Waals surface area contributed by atoms with Gasteiger partial charge in [-0.2, -0.15) is 0 Å². The Kier molecular flexibility index (Phi) is 4.72. The molecule has 1 aromatic carbocycles. The molecule has 5 nitrogen and oxygen atoms in total. The average molecular weight is 290 g/mol. The van der Waals surface area contributed by atoms with E-state index in [0.29, 0.717) is 18.9 Å². The van der Waals surface area contributed by atoms with Gasteiger partial charge in [0.1, 0.15) is 11.9 Å². The zero-order valence-electron chi connectivity index (χ0n) is 12.1. The fraction of sp³-hybridized carbons (Fsp3) is 0.562. The Bertz CT molecular complexity index is 482. The summed E-state index contributed by atoms with van der Waals surface area (Å²) in [5, 5.41) is 6.10. The number of amides is 1. The number of ether oxygens (including phenoxy) is 2. The third-order valence-electron chi connectivity index (χ3n) is 3.76. The van der Waals surface area contributed by atoms with Gasteiger partial charge in [-0.1, -0.05) is 12.1 Å². The number of benzene rings is 1. The highest BCUT2D eigenvalue weighted by Crippen LogP contribution is 2.28. The van der Waals surface area contributed by atoms with Crippen molar-refractivity contribution in [2.24, 2.45) is 5.92 Å². The van der Waals surface area contributed by atoms with Gasteiger partial charge < -0.3 is 20.1 Å². The van der Waals surface area contributed by atoms with Crippen molar-refractivity contribution in [1.29, 1.82) is 0 Å². The summed E-state index contributed by atoms with van der Waals surface area (Å²) in [6, 6.07) is 7.55. The first-order chi connectivity index (χ1) is 10.3. The molecule has 2 fully saturated rings. The number of anilines is 1. The molecule has 1 unspecified atom stereocenters. The minimum Gasteiger partial charge on any atom is -0.486 e. The summed E-state index contributed by atoms with van der Waals surface area (Å²) < 4.78 is 11.2. The van der Waals surface area contributed by atoms with E-state index in [4.69, 9.17) is 9.47 Å². The summed E-state index contributed by atoms with van der Waals surface area (Å²) >= 11 is 0. The Morgan fingerprint density at radius 3 is 2.90 bits per heavy atom. The molecule has 3 rings (SSSR count). The van der Waals surface area contributed by atoms with Crippen LogP contribution in [0.4, 0.5) is 5.69 Å². The van der Waals surface area contributed by atoms with Crippen molar-refractivity contribution in [3.05, 3.63) is 24.3 Å². The molecule has 114 valence electrons. The van der Waals surface area contributed by atoms with Crippen LogP contribution in [0, 0.1) is 5.92 Å². The zero-order valence-corrected chi connectivity index (χ0v) is 12.1. The molecule has 1 aliphatic heterocycles. The molecule has 1 aliphatic carbocycles. The van der Waals surface area contributed by atoms with Crippen LogP contribution in [-0.2, 0) is 9.53 Å². The predicted molar refractivity (Wildman–Crippen MR) is 80.5 cm³/mol. The van der Waals surface area contributed by atoms with Crippen LogP contribution < -0.4 is 15.4 Å². The Morgan fingerprint density at radius 2 is 2.14 bits per heavy atom. The van der Waals surface area contributed by atoms with Crippen molar-refractivity contribution in [3.63, 3.8) is 0 Å². The highest BCUT2D eigenvalue weighted by Gasteiger charge is 2.21. The van der Waals surface area contributed by atoms with E-state index in [1.807, 2.05) is 24.3 Å². The van der Waals surface area contributed by atoms with Gasteiger partial charge in [0, 0.05) is 6.42 Å². The predicted octanol–water partition coefficient (Wildman–Crippen LogP) is 1.79. The SMILES string of the molecule is O=C(CNCC1CC1)Nc1ccccc1OC1CCOC1. The second-order valence-corrected chi connectivity index (χ2v) is 5.72. The Morgan fingerprint density at radius 1 is 1.29 bits per heavy atom. The normalized spacial score (nSPS) is 21.2. The minimum absolute atomic E-state index is 0.0330. The lowest BCUT2D eigenvalue weighted by Crippen LogP contribution is -2.29. The van der Waals surface area contributed by atoms with E-state index >= 15 is 0 Å². The number of carbonyl (C=O) groups is 1. The molecule has 0 aromatic heterocycles.